The SMILES string of the molecule is COC(=O)C1CC(=O)N(c2cccc(-c3ccsc3)c2)C1. The van der Waals surface area contributed by atoms with Crippen molar-refractivity contribution < 1.29 is 14.3 Å². The van der Waals surface area contributed by atoms with Gasteiger partial charge in [0, 0.05) is 18.7 Å². The fourth-order valence-corrected chi connectivity index (χ4v) is 3.23. The average molecular weight is 301 g/mol. The molecule has 1 aliphatic heterocycles. The van der Waals surface area contributed by atoms with E-state index in [2.05, 4.69) is 5.38 Å². The molecule has 0 radical (unpaired) electrons. The van der Waals surface area contributed by atoms with E-state index in [1.165, 1.54) is 7.11 Å². The average Bonchev–Trinajstić information content (AvgIpc) is 3.16. The van der Waals surface area contributed by atoms with Crippen molar-refractivity contribution in [3.05, 3.63) is 41.1 Å². The van der Waals surface area contributed by atoms with Gasteiger partial charge in [-0.25, -0.2) is 0 Å². The van der Waals surface area contributed by atoms with Gasteiger partial charge in [0.15, 0.2) is 0 Å². The molecule has 2 aromatic rings. The highest BCUT2D eigenvalue weighted by molar-refractivity contribution is 7.08. The van der Waals surface area contributed by atoms with E-state index in [0.717, 1.165) is 16.8 Å². The molecule has 3 rings (SSSR count). The maximum atomic E-state index is 12.1. The van der Waals surface area contributed by atoms with Crippen LogP contribution in [0.25, 0.3) is 11.1 Å². The van der Waals surface area contributed by atoms with Gasteiger partial charge in [0.25, 0.3) is 0 Å². The summed E-state index contributed by atoms with van der Waals surface area (Å²) in [5.74, 6) is -0.722. The van der Waals surface area contributed by atoms with Crippen molar-refractivity contribution in [2.75, 3.05) is 18.6 Å². The summed E-state index contributed by atoms with van der Waals surface area (Å²) in [4.78, 5) is 25.4. The van der Waals surface area contributed by atoms with Gasteiger partial charge in [0.1, 0.15) is 0 Å². The van der Waals surface area contributed by atoms with Crippen LogP contribution in [0.2, 0.25) is 0 Å². The second kappa shape index (κ2) is 5.69. The van der Waals surface area contributed by atoms with E-state index in [0.29, 0.717) is 6.54 Å². The van der Waals surface area contributed by atoms with E-state index in [4.69, 9.17) is 4.74 Å². The highest BCUT2D eigenvalue weighted by Gasteiger charge is 2.35. The lowest BCUT2D eigenvalue weighted by Crippen LogP contribution is -2.26. The summed E-state index contributed by atoms with van der Waals surface area (Å²) < 4.78 is 4.73. The Hall–Kier alpha value is -2.14. The Bertz CT molecular complexity index is 666. The second-order valence-electron chi connectivity index (χ2n) is 4.99. The Morgan fingerprint density at radius 2 is 2.19 bits per heavy atom. The summed E-state index contributed by atoms with van der Waals surface area (Å²) in [6, 6.07) is 9.88. The largest absolute Gasteiger partial charge is 0.469 e. The Labute approximate surface area is 127 Å². The van der Waals surface area contributed by atoms with Crippen LogP contribution in [0, 0.1) is 5.92 Å². The minimum atomic E-state index is -0.368. The number of thiophene rings is 1. The van der Waals surface area contributed by atoms with Crippen LogP contribution >= 0.6 is 11.3 Å². The zero-order valence-corrected chi connectivity index (χ0v) is 12.4. The van der Waals surface area contributed by atoms with Crippen LogP contribution in [0.15, 0.2) is 41.1 Å². The quantitative estimate of drug-likeness (QED) is 0.819. The summed E-state index contributed by atoms with van der Waals surface area (Å²) in [6.45, 7) is 0.387. The molecule has 1 aliphatic rings. The number of carbonyl (C=O) groups is 2. The molecule has 1 aromatic heterocycles. The number of rotatable bonds is 3. The Balaban J connectivity index is 1.86. The molecule has 5 heteroatoms. The molecule has 1 amide bonds. The molecule has 0 bridgehead atoms. The number of methoxy groups -OCH3 is 1. The number of benzene rings is 1. The third kappa shape index (κ3) is 2.69. The highest BCUT2D eigenvalue weighted by atomic mass is 32.1. The first-order valence-electron chi connectivity index (χ1n) is 6.70. The van der Waals surface area contributed by atoms with E-state index in [9.17, 15) is 9.59 Å². The smallest absolute Gasteiger partial charge is 0.311 e. The normalized spacial score (nSPS) is 18.0. The molecular formula is C16H15NO3S. The predicted octanol–water partition coefficient (Wildman–Crippen LogP) is 2.94. The van der Waals surface area contributed by atoms with E-state index in [1.54, 1.807) is 16.2 Å². The number of carbonyl (C=O) groups excluding carboxylic acids is 2. The Morgan fingerprint density at radius 1 is 1.33 bits per heavy atom. The zero-order chi connectivity index (χ0) is 14.8. The predicted molar refractivity (Wildman–Crippen MR) is 82.2 cm³/mol. The van der Waals surface area contributed by atoms with E-state index in [-0.39, 0.29) is 24.2 Å². The van der Waals surface area contributed by atoms with Gasteiger partial charge >= 0.3 is 5.97 Å². The first-order valence-corrected chi connectivity index (χ1v) is 7.64. The van der Waals surface area contributed by atoms with Gasteiger partial charge in [0.05, 0.1) is 13.0 Å². The van der Waals surface area contributed by atoms with Crippen molar-refractivity contribution >= 4 is 28.9 Å². The van der Waals surface area contributed by atoms with Gasteiger partial charge in [-0.05, 0) is 40.1 Å². The monoisotopic (exact) mass is 301 g/mol. The molecule has 21 heavy (non-hydrogen) atoms. The molecule has 0 spiro atoms. The van der Waals surface area contributed by atoms with Crippen LogP contribution in [0.5, 0.6) is 0 Å². The first kappa shape index (κ1) is 13.8. The number of anilines is 1. The Morgan fingerprint density at radius 3 is 2.90 bits per heavy atom. The fraction of sp³-hybridized carbons (Fsp3) is 0.250. The number of esters is 1. The molecular weight excluding hydrogens is 286 g/mol. The minimum absolute atomic E-state index is 0.0344. The molecule has 0 saturated carbocycles. The van der Waals surface area contributed by atoms with Crippen molar-refractivity contribution in [3.8, 4) is 11.1 Å². The zero-order valence-electron chi connectivity index (χ0n) is 11.6. The summed E-state index contributed by atoms with van der Waals surface area (Å²) >= 11 is 1.64. The third-order valence-corrected chi connectivity index (χ3v) is 4.36. The molecule has 1 atom stereocenters. The summed E-state index contributed by atoms with van der Waals surface area (Å²) in [5.41, 5.74) is 3.04. The van der Waals surface area contributed by atoms with Crippen LogP contribution in [0.1, 0.15) is 6.42 Å². The van der Waals surface area contributed by atoms with Crippen molar-refractivity contribution in [2.45, 2.75) is 6.42 Å². The van der Waals surface area contributed by atoms with E-state index in [1.807, 2.05) is 35.7 Å². The van der Waals surface area contributed by atoms with Gasteiger partial charge in [-0.2, -0.15) is 11.3 Å². The third-order valence-electron chi connectivity index (χ3n) is 3.67. The minimum Gasteiger partial charge on any atom is -0.469 e. The van der Waals surface area contributed by atoms with Crippen LogP contribution in [-0.4, -0.2) is 25.5 Å². The number of ether oxygens (including phenoxy) is 1. The topological polar surface area (TPSA) is 46.6 Å². The van der Waals surface area contributed by atoms with E-state index < -0.39 is 0 Å². The standard InChI is InChI=1S/C16H15NO3S/c1-20-16(19)13-8-15(18)17(9-13)14-4-2-3-11(7-14)12-5-6-21-10-12/h2-7,10,13H,8-9H2,1H3. The van der Waals surface area contributed by atoms with Crippen molar-refractivity contribution in [1.29, 1.82) is 0 Å². The van der Waals surface area contributed by atoms with Gasteiger partial charge in [0.2, 0.25) is 5.91 Å². The van der Waals surface area contributed by atoms with Gasteiger partial charge < -0.3 is 9.64 Å². The highest BCUT2D eigenvalue weighted by Crippen LogP contribution is 2.30. The molecule has 1 unspecified atom stereocenters. The number of nitrogens with zero attached hydrogens (tertiary/aromatic N) is 1. The molecule has 1 saturated heterocycles. The van der Waals surface area contributed by atoms with Crippen LogP contribution < -0.4 is 4.90 Å². The van der Waals surface area contributed by atoms with Crippen molar-refractivity contribution in [1.82, 2.24) is 0 Å². The molecule has 1 aromatic carbocycles. The van der Waals surface area contributed by atoms with Gasteiger partial charge in [-0.3, -0.25) is 9.59 Å². The van der Waals surface area contributed by atoms with Gasteiger partial charge in [-0.15, -0.1) is 0 Å². The number of hydrogen-bond donors (Lipinski definition) is 0. The molecule has 1 fully saturated rings. The molecule has 2 heterocycles. The first-order chi connectivity index (χ1) is 10.2. The Kier molecular flexibility index (Phi) is 3.75. The molecule has 108 valence electrons. The van der Waals surface area contributed by atoms with Crippen LogP contribution in [-0.2, 0) is 14.3 Å². The summed E-state index contributed by atoms with van der Waals surface area (Å²) in [6.07, 6.45) is 0.218. The lowest BCUT2D eigenvalue weighted by Gasteiger charge is -2.17. The van der Waals surface area contributed by atoms with Crippen LogP contribution in [0.4, 0.5) is 5.69 Å². The lowest BCUT2D eigenvalue weighted by atomic mass is 10.1. The maximum Gasteiger partial charge on any atom is 0.311 e. The lowest BCUT2D eigenvalue weighted by molar-refractivity contribution is -0.145. The fourth-order valence-electron chi connectivity index (χ4n) is 2.56. The van der Waals surface area contributed by atoms with E-state index >= 15 is 0 Å². The maximum absolute atomic E-state index is 12.1. The molecule has 4 nitrogen and oxygen atoms in total. The van der Waals surface area contributed by atoms with Crippen LogP contribution in [0.3, 0.4) is 0 Å². The number of hydrogen-bond acceptors (Lipinski definition) is 4. The number of amides is 1. The second-order valence-corrected chi connectivity index (χ2v) is 5.77. The van der Waals surface area contributed by atoms with Crippen molar-refractivity contribution in [2.24, 2.45) is 5.92 Å². The summed E-state index contributed by atoms with van der Waals surface area (Å²) in [7, 11) is 1.35. The van der Waals surface area contributed by atoms with Gasteiger partial charge in [-0.1, -0.05) is 12.1 Å². The van der Waals surface area contributed by atoms with Crippen molar-refractivity contribution in [3.63, 3.8) is 0 Å². The molecule has 0 N–H and O–H groups in total. The molecule has 0 aliphatic carbocycles. The summed E-state index contributed by atoms with van der Waals surface area (Å²) in [5, 5.41) is 4.10.